The van der Waals surface area contributed by atoms with Crippen molar-refractivity contribution in [2.45, 2.75) is 6.54 Å². The molecule has 2 aromatic rings. The van der Waals surface area contributed by atoms with Gasteiger partial charge in [-0.05, 0) is 18.2 Å². The van der Waals surface area contributed by atoms with Crippen LogP contribution in [0.4, 0.5) is 0 Å². The molecule has 0 unspecified atom stereocenters. The van der Waals surface area contributed by atoms with Gasteiger partial charge in [-0.2, -0.15) is 0 Å². The summed E-state index contributed by atoms with van der Waals surface area (Å²) in [4.78, 5) is 10.8. The van der Waals surface area contributed by atoms with Crippen LogP contribution in [0.1, 0.15) is 10.4 Å². The van der Waals surface area contributed by atoms with Crippen molar-refractivity contribution in [1.82, 2.24) is 15.0 Å². The van der Waals surface area contributed by atoms with Gasteiger partial charge in [0, 0.05) is 6.26 Å². The van der Waals surface area contributed by atoms with E-state index in [1.807, 2.05) is 0 Å². The summed E-state index contributed by atoms with van der Waals surface area (Å²) in [6.45, 7) is 0.196. The standard InChI is InChI=1S/C10H11N3O4S/c1-18(16,17)5-4-13-9-3-2-7(10(14)15)6-8(9)11-12-13/h2-3,6H,4-5H2,1H3,(H,14,15). The molecule has 96 valence electrons. The molecular formula is C10H11N3O4S. The molecule has 1 heterocycles. The molecular weight excluding hydrogens is 258 g/mol. The lowest BCUT2D eigenvalue weighted by molar-refractivity contribution is 0.0697. The number of hydrogen-bond donors (Lipinski definition) is 1. The van der Waals surface area contributed by atoms with Crippen LogP contribution in [0.5, 0.6) is 0 Å². The fraction of sp³-hybridized carbons (Fsp3) is 0.300. The van der Waals surface area contributed by atoms with Gasteiger partial charge in [0.1, 0.15) is 15.4 Å². The number of fused-ring (bicyclic) bond motifs is 1. The zero-order valence-corrected chi connectivity index (χ0v) is 10.4. The monoisotopic (exact) mass is 269 g/mol. The van der Waals surface area contributed by atoms with Crippen molar-refractivity contribution in [1.29, 1.82) is 0 Å². The minimum absolute atomic E-state index is 0.0356. The number of aryl methyl sites for hydroxylation is 1. The van der Waals surface area contributed by atoms with Crippen molar-refractivity contribution < 1.29 is 18.3 Å². The number of benzene rings is 1. The second-order valence-electron chi connectivity index (χ2n) is 3.95. The van der Waals surface area contributed by atoms with Crippen molar-refractivity contribution in [2.24, 2.45) is 0 Å². The first-order valence-electron chi connectivity index (χ1n) is 5.11. The van der Waals surface area contributed by atoms with Gasteiger partial charge in [-0.1, -0.05) is 5.21 Å². The van der Waals surface area contributed by atoms with Crippen molar-refractivity contribution in [2.75, 3.05) is 12.0 Å². The third-order valence-electron chi connectivity index (χ3n) is 2.43. The molecule has 18 heavy (non-hydrogen) atoms. The summed E-state index contributed by atoms with van der Waals surface area (Å²) in [6.07, 6.45) is 1.15. The third kappa shape index (κ3) is 2.65. The predicted octanol–water partition coefficient (Wildman–Crippen LogP) is 0.174. The molecule has 0 saturated carbocycles. The van der Waals surface area contributed by atoms with Crippen LogP contribution in [-0.2, 0) is 16.4 Å². The summed E-state index contributed by atoms with van der Waals surface area (Å²) < 4.78 is 23.6. The molecule has 0 radical (unpaired) electrons. The molecule has 2 rings (SSSR count). The largest absolute Gasteiger partial charge is 0.478 e. The maximum atomic E-state index is 11.1. The summed E-state index contributed by atoms with van der Waals surface area (Å²) in [5.41, 5.74) is 1.17. The fourth-order valence-electron chi connectivity index (χ4n) is 1.52. The highest BCUT2D eigenvalue weighted by Gasteiger charge is 2.10. The van der Waals surface area contributed by atoms with Crippen molar-refractivity contribution >= 4 is 26.8 Å². The van der Waals surface area contributed by atoms with Crippen molar-refractivity contribution in [3.05, 3.63) is 23.8 Å². The maximum absolute atomic E-state index is 11.1. The van der Waals surface area contributed by atoms with E-state index in [-0.39, 0.29) is 17.9 Å². The van der Waals surface area contributed by atoms with E-state index in [2.05, 4.69) is 10.3 Å². The Morgan fingerprint density at radius 3 is 2.78 bits per heavy atom. The summed E-state index contributed by atoms with van der Waals surface area (Å²) in [6, 6.07) is 4.41. The molecule has 0 fully saturated rings. The Hall–Kier alpha value is -1.96. The van der Waals surface area contributed by atoms with Crippen molar-refractivity contribution in [3.8, 4) is 0 Å². The van der Waals surface area contributed by atoms with Crippen LogP contribution in [0.15, 0.2) is 18.2 Å². The quantitative estimate of drug-likeness (QED) is 0.849. The lowest BCUT2D eigenvalue weighted by Gasteiger charge is -2.01. The number of aromatic nitrogens is 3. The molecule has 0 bridgehead atoms. The lowest BCUT2D eigenvalue weighted by Crippen LogP contribution is -2.12. The van der Waals surface area contributed by atoms with Crippen LogP contribution in [0.2, 0.25) is 0 Å². The van der Waals surface area contributed by atoms with E-state index in [1.165, 1.54) is 16.8 Å². The van der Waals surface area contributed by atoms with Crippen molar-refractivity contribution in [3.63, 3.8) is 0 Å². The normalized spacial score (nSPS) is 11.8. The van der Waals surface area contributed by atoms with Gasteiger partial charge < -0.3 is 5.11 Å². The van der Waals surface area contributed by atoms with E-state index in [4.69, 9.17) is 5.11 Å². The molecule has 0 spiro atoms. The summed E-state index contributed by atoms with van der Waals surface area (Å²) >= 11 is 0. The highest BCUT2D eigenvalue weighted by atomic mass is 32.2. The minimum atomic E-state index is -3.07. The Morgan fingerprint density at radius 1 is 1.44 bits per heavy atom. The van der Waals surface area contributed by atoms with Gasteiger partial charge in [0.05, 0.1) is 23.4 Å². The number of carboxylic acid groups (broad SMARTS) is 1. The number of hydrogen-bond acceptors (Lipinski definition) is 5. The van der Waals surface area contributed by atoms with Crippen LogP contribution in [-0.4, -0.2) is 46.5 Å². The molecule has 7 nitrogen and oxygen atoms in total. The zero-order valence-electron chi connectivity index (χ0n) is 9.57. The van der Waals surface area contributed by atoms with Crippen LogP contribution < -0.4 is 0 Å². The van der Waals surface area contributed by atoms with Crippen LogP contribution in [0.25, 0.3) is 11.0 Å². The molecule has 0 amide bonds. The van der Waals surface area contributed by atoms with Crippen LogP contribution in [0, 0.1) is 0 Å². The number of nitrogens with zero attached hydrogens (tertiary/aromatic N) is 3. The number of aromatic carboxylic acids is 1. The average molecular weight is 269 g/mol. The molecule has 0 aliphatic rings. The average Bonchev–Trinajstić information content (AvgIpc) is 2.67. The van der Waals surface area contributed by atoms with E-state index in [0.717, 1.165) is 6.26 Å². The smallest absolute Gasteiger partial charge is 0.335 e. The SMILES string of the molecule is CS(=O)(=O)CCn1nnc2cc(C(=O)O)ccc21. The molecule has 8 heteroatoms. The zero-order chi connectivity index (χ0) is 13.3. The topological polar surface area (TPSA) is 102 Å². The highest BCUT2D eigenvalue weighted by Crippen LogP contribution is 2.13. The Morgan fingerprint density at radius 2 is 2.17 bits per heavy atom. The molecule has 0 saturated heterocycles. The Kier molecular flexibility index (Phi) is 3.04. The number of carboxylic acids is 1. The Bertz CT molecular complexity index is 705. The van der Waals surface area contributed by atoms with Crippen LogP contribution >= 0.6 is 0 Å². The first kappa shape index (κ1) is 12.5. The first-order valence-corrected chi connectivity index (χ1v) is 7.17. The van der Waals surface area contributed by atoms with E-state index >= 15 is 0 Å². The molecule has 0 aliphatic carbocycles. The van der Waals surface area contributed by atoms with E-state index in [9.17, 15) is 13.2 Å². The number of carbonyl (C=O) groups is 1. The first-order chi connectivity index (χ1) is 8.37. The van der Waals surface area contributed by atoms with Gasteiger partial charge in [0.2, 0.25) is 0 Å². The molecule has 1 N–H and O–H groups in total. The predicted molar refractivity (Wildman–Crippen MR) is 64.2 cm³/mol. The minimum Gasteiger partial charge on any atom is -0.478 e. The third-order valence-corrected chi connectivity index (χ3v) is 3.36. The molecule has 1 aromatic carbocycles. The second kappa shape index (κ2) is 4.37. The van der Waals surface area contributed by atoms with E-state index in [1.54, 1.807) is 6.07 Å². The van der Waals surface area contributed by atoms with Crippen LogP contribution in [0.3, 0.4) is 0 Å². The van der Waals surface area contributed by atoms with Gasteiger partial charge in [0.15, 0.2) is 0 Å². The fourth-order valence-corrected chi connectivity index (χ4v) is 2.03. The highest BCUT2D eigenvalue weighted by molar-refractivity contribution is 7.90. The number of rotatable bonds is 4. The second-order valence-corrected chi connectivity index (χ2v) is 6.21. The summed E-state index contributed by atoms with van der Waals surface area (Å²) in [5.74, 6) is -1.07. The molecule has 0 atom stereocenters. The Labute approximate surface area is 103 Å². The Balaban J connectivity index is 2.34. The maximum Gasteiger partial charge on any atom is 0.335 e. The number of sulfone groups is 1. The van der Waals surface area contributed by atoms with Gasteiger partial charge >= 0.3 is 5.97 Å². The van der Waals surface area contributed by atoms with E-state index in [0.29, 0.717) is 11.0 Å². The van der Waals surface area contributed by atoms with Gasteiger partial charge in [-0.15, -0.1) is 5.10 Å². The molecule has 0 aliphatic heterocycles. The summed E-state index contributed by atoms with van der Waals surface area (Å²) in [5, 5.41) is 16.5. The lowest BCUT2D eigenvalue weighted by atomic mass is 10.2. The molecule has 1 aromatic heterocycles. The van der Waals surface area contributed by atoms with Gasteiger partial charge in [-0.3, -0.25) is 0 Å². The van der Waals surface area contributed by atoms with Gasteiger partial charge in [-0.25, -0.2) is 17.9 Å². The summed E-state index contributed by atoms with van der Waals surface area (Å²) in [7, 11) is -3.07. The van der Waals surface area contributed by atoms with Gasteiger partial charge in [0.25, 0.3) is 0 Å². The van der Waals surface area contributed by atoms with E-state index < -0.39 is 15.8 Å².